The summed E-state index contributed by atoms with van der Waals surface area (Å²) in [6.45, 7) is 7.84. The van der Waals surface area contributed by atoms with Gasteiger partial charge in [0.15, 0.2) is 11.5 Å². The highest BCUT2D eigenvalue weighted by Gasteiger charge is 2.42. The lowest BCUT2D eigenvalue weighted by Crippen LogP contribution is -2.47. The van der Waals surface area contributed by atoms with Gasteiger partial charge in [-0.3, -0.25) is 29.4 Å². The standard InChI is InChI=1S/C47H60N4O8S/c1-4-59-43-30-36(15-18-42(43)58-2)41(31-60(3,56)57)51-46(54)39-16-10-32(29-40(39)47(51)55)9-7-5-6-8-24-49-25-22-37(23-26-49)50-27-20-34(21-28-50)33-11-13-35(14-12-33)38-17-19-44(52)48-45(38)53/h10-16,18,29-30,34,37-38,41H,4-9,17,19-28,31H2,1-3H3,(H,48,52,53)/t38?,41-/m1/s1. The molecule has 3 fully saturated rings. The number of sulfone groups is 1. The monoisotopic (exact) mass is 840 g/mol. The Morgan fingerprint density at radius 3 is 2.15 bits per heavy atom. The van der Waals surface area contributed by atoms with E-state index in [-0.39, 0.29) is 17.7 Å². The van der Waals surface area contributed by atoms with E-state index in [2.05, 4.69) is 39.4 Å². The lowest BCUT2D eigenvalue weighted by atomic mass is 9.85. The lowest BCUT2D eigenvalue weighted by Gasteiger charge is -2.42. The number of nitrogens with one attached hydrogen (secondary N) is 1. The van der Waals surface area contributed by atoms with Gasteiger partial charge in [-0.05, 0) is 143 Å². The van der Waals surface area contributed by atoms with Crippen LogP contribution < -0.4 is 14.8 Å². The maximum Gasteiger partial charge on any atom is 0.262 e. The third kappa shape index (κ3) is 10.3. The number of nitrogens with zero attached hydrogens (tertiary/aromatic N) is 3. The zero-order chi connectivity index (χ0) is 42.4. The first-order chi connectivity index (χ1) is 28.9. The number of methoxy groups -OCH3 is 1. The van der Waals surface area contributed by atoms with E-state index in [9.17, 15) is 27.6 Å². The fourth-order valence-corrected chi connectivity index (χ4v) is 10.6. The second-order valence-electron chi connectivity index (χ2n) is 17.0. The number of imide groups is 2. The van der Waals surface area contributed by atoms with Crippen LogP contribution in [-0.2, 0) is 25.8 Å². The molecule has 1 N–H and O–H groups in total. The van der Waals surface area contributed by atoms with Crippen LogP contribution in [0.2, 0.25) is 0 Å². The van der Waals surface area contributed by atoms with Crippen LogP contribution >= 0.6 is 0 Å². The fraction of sp³-hybridized carbons (Fsp3) is 0.532. The van der Waals surface area contributed by atoms with Gasteiger partial charge in [0.1, 0.15) is 9.84 Å². The molecule has 2 atom stereocenters. The number of ether oxygens (including phenoxy) is 2. The third-order valence-corrected chi connectivity index (χ3v) is 13.9. The molecule has 0 aromatic heterocycles. The molecule has 60 heavy (non-hydrogen) atoms. The Morgan fingerprint density at radius 1 is 0.767 bits per heavy atom. The van der Waals surface area contributed by atoms with Crippen LogP contribution in [0.1, 0.15) is 132 Å². The molecule has 4 aliphatic heterocycles. The number of rotatable bonds is 17. The highest BCUT2D eigenvalue weighted by molar-refractivity contribution is 7.90. The van der Waals surface area contributed by atoms with E-state index in [1.165, 1.54) is 25.5 Å². The van der Waals surface area contributed by atoms with Gasteiger partial charge in [0.25, 0.3) is 11.8 Å². The van der Waals surface area contributed by atoms with Crippen LogP contribution in [0.3, 0.4) is 0 Å². The van der Waals surface area contributed by atoms with Crippen LogP contribution in [0.25, 0.3) is 0 Å². The summed E-state index contributed by atoms with van der Waals surface area (Å²) < 4.78 is 36.3. The number of hydrogen-bond donors (Lipinski definition) is 1. The Hall–Kier alpha value is -4.59. The van der Waals surface area contributed by atoms with E-state index in [1.807, 2.05) is 19.1 Å². The second-order valence-corrected chi connectivity index (χ2v) is 19.2. The molecule has 4 amide bonds. The molecule has 3 aromatic carbocycles. The minimum Gasteiger partial charge on any atom is -0.493 e. The number of hydrogen-bond acceptors (Lipinski definition) is 10. The van der Waals surface area contributed by atoms with Crippen molar-refractivity contribution in [1.29, 1.82) is 0 Å². The van der Waals surface area contributed by atoms with Crippen molar-refractivity contribution < 1.29 is 37.1 Å². The zero-order valence-electron chi connectivity index (χ0n) is 35.3. The van der Waals surface area contributed by atoms with E-state index < -0.39 is 33.4 Å². The summed E-state index contributed by atoms with van der Waals surface area (Å²) in [5, 5.41) is 2.47. The number of likely N-dealkylation sites (tertiary alicyclic amines) is 2. The van der Waals surface area contributed by atoms with E-state index >= 15 is 0 Å². The summed E-state index contributed by atoms with van der Waals surface area (Å²) in [6, 6.07) is 18.6. The normalized spacial score (nSPS) is 20.3. The van der Waals surface area contributed by atoms with E-state index in [1.54, 1.807) is 24.3 Å². The Balaban J connectivity index is 0.820. The molecular weight excluding hydrogens is 781 g/mol. The lowest BCUT2D eigenvalue weighted by molar-refractivity contribution is -0.134. The van der Waals surface area contributed by atoms with Gasteiger partial charge in [-0.2, -0.15) is 0 Å². The van der Waals surface area contributed by atoms with Crippen LogP contribution in [-0.4, -0.2) is 111 Å². The second kappa shape index (κ2) is 19.4. The van der Waals surface area contributed by atoms with Gasteiger partial charge >= 0.3 is 0 Å². The van der Waals surface area contributed by atoms with Gasteiger partial charge in [0, 0.05) is 18.7 Å². The molecule has 4 aliphatic rings. The molecule has 322 valence electrons. The summed E-state index contributed by atoms with van der Waals surface area (Å²) in [6.07, 6.45) is 12.0. The van der Waals surface area contributed by atoms with Gasteiger partial charge in [-0.15, -0.1) is 0 Å². The number of aryl methyl sites for hydroxylation is 1. The predicted octanol–water partition coefficient (Wildman–Crippen LogP) is 6.44. The fourth-order valence-electron chi connectivity index (χ4n) is 9.66. The van der Waals surface area contributed by atoms with Crippen LogP contribution in [0.5, 0.6) is 11.5 Å². The zero-order valence-corrected chi connectivity index (χ0v) is 36.1. The summed E-state index contributed by atoms with van der Waals surface area (Å²) >= 11 is 0. The molecule has 4 heterocycles. The minimum atomic E-state index is -3.58. The Kier molecular flexibility index (Phi) is 14.1. The molecule has 0 saturated carbocycles. The number of carbonyl (C=O) groups is 4. The van der Waals surface area contributed by atoms with Crippen molar-refractivity contribution in [3.8, 4) is 11.5 Å². The van der Waals surface area contributed by atoms with Crippen molar-refractivity contribution in [2.45, 2.75) is 101 Å². The van der Waals surface area contributed by atoms with E-state index in [0.717, 1.165) is 100.0 Å². The van der Waals surface area contributed by atoms with Crippen molar-refractivity contribution in [1.82, 2.24) is 20.0 Å². The van der Waals surface area contributed by atoms with Crippen molar-refractivity contribution in [2.75, 3.05) is 58.4 Å². The minimum absolute atomic E-state index is 0.176. The van der Waals surface area contributed by atoms with Crippen molar-refractivity contribution in [2.24, 2.45) is 0 Å². The number of carbonyl (C=O) groups excluding carboxylic acids is 4. The Bertz CT molecular complexity index is 2140. The molecule has 0 bridgehead atoms. The summed E-state index contributed by atoms with van der Waals surface area (Å²) in [4.78, 5) is 57.8. The van der Waals surface area contributed by atoms with Crippen LogP contribution in [0, 0.1) is 0 Å². The molecule has 7 rings (SSSR count). The SMILES string of the molecule is CCOc1cc([C@@H](CS(C)(=O)=O)N2C(=O)c3ccc(CCCCCCN4CCC(N5CCC(c6ccc(C7CCC(=O)NC7=O)cc6)CC5)CC4)cc3C2=O)ccc1OC. The number of unbranched alkanes of at least 4 members (excludes halogenated alkanes) is 3. The average molecular weight is 841 g/mol. The average Bonchev–Trinajstić information content (AvgIpc) is 3.49. The molecule has 13 heteroatoms. The molecule has 3 saturated heterocycles. The van der Waals surface area contributed by atoms with Gasteiger partial charge < -0.3 is 19.3 Å². The summed E-state index contributed by atoms with van der Waals surface area (Å²) in [7, 11) is -2.06. The topological polar surface area (TPSA) is 143 Å². The van der Waals surface area contributed by atoms with Gasteiger partial charge in [0.05, 0.1) is 42.6 Å². The first kappa shape index (κ1) is 43.5. The molecule has 1 unspecified atom stereocenters. The first-order valence-corrected chi connectivity index (χ1v) is 23.9. The Labute approximate surface area is 354 Å². The maximum absolute atomic E-state index is 13.8. The predicted molar refractivity (Wildman–Crippen MR) is 230 cm³/mol. The number of piperidine rings is 3. The molecule has 0 spiro atoms. The quantitative estimate of drug-likeness (QED) is 0.119. The number of fused-ring (bicyclic) bond motifs is 1. The largest absolute Gasteiger partial charge is 0.493 e. The molecular formula is C47H60N4O8S. The maximum atomic E-state index is 13.8. The van der Waals surface area contributed by atoms with Crippen molar-refractivity contribution >= 4 is 33.5 Å². The van der Waals surface area contributed by atoms with Crippen LogP contribution in [0.4, 0.5) is 0 Å². The van der Waals surface area contributed by atoms with Crippen molar-refractivity contribution in [3.05, 3.63) is 94.0 Å². The highest BCUT2D eigenvalue weighted by Crippen LogP contribution is 2.38. The first-order valence-electron chi connectivity index (χ1n) is 21.8. The molecule has 0 aliphatic carbocycles. The van der Waals surface area contributed by atoms with E-state index in [4.69, 9.17) is 9.47 Å². The van der Waals surface area contributed by atoms with Crippen LogP contribution in [0.15, 0.2) is 60.7 Å². The van der Waals surface area contributed by atoms with Gasteiger partial charge in [-0.25, -0.2) is 8.42 Å². The molecule has 12 nitrogen and oxygen atoms in total. The van der Waals surface area contributed by atoms with Gasteiger partial charge in [-0.1, -0.05) is 49.2 Å². The molecule has 3 aromatic rings. The highest BCUT2D eigenvalue weighted by atomic mass is 32.2. The third-order valence-electron chi connectivity index (χ3n) is 13.0. The van der Waals surface area contributed by atoms with Gasteiger partial charge in [0.2, 0.25) is 11.8 Å². The number of benzene rings is 3. The number of amides is 4. The summed E-state index contributed by atoms with van der Waals surface area (Å²) in [5.74, 6) is -0.535. The van der Waals surface area contributed by atoms with E-state index in [0.29, 0.717) is 59.6 Å². The smallest absolute Gasteiger partial charge is 0.262 e. The Morgan fingerprint density at radius 2 is 1.47 bits per heavy atom. The molecule has 0 radical (unpaired) electrons. The summed E-state index contributed by atoms with van der Waals surface area (Å²) in [5.41, 5.74) is 4.44. The van der Waals surface area contributed by atoms with Crippen molar-refractivity contribution in [3.63, 3.8) is 0 Å².